The standard InChI is InChI=1S/C18H25N3O2/c1-13-5-4-6-15-16(13)14(11-20-15)7-10-19-17(23)21-18(12-22)8-2-3-9-18/h4-6,11,20,22H,2-3,7-10,12H2,1H3,(H2,19,21,23). The molecule has 0 saturated heterocycles. The maximum absolute atomic E-state index is 12.1. The molecule has 1 heterocycles. The van der Waals surface area contributed by atoms with Gasteiger partial charge in [0.05, 0.1) is 12.1 Å². The van der Waals surface area contributed by atoms with Crippen LogP contribution in [-0.4, -0.2) is 34.8 Å². The molecule has 23 heavy (non-hydrogen) atoms. The van der Waals surface area contributed by atoms with Gasteiger partial charge in [-0.1, -0.05) is 25.0 Å². The van der Waals surface area contributed by atoms with Crippen molar-refractivity contribution in [3.05, 3.63) is 35.5 Å². The summed E-state index contributed by atoms with van der Waals surface area (Å²) in [5.74, 6) is 0. The number of aliphatic hydroxyl groups excluding tert-OH is 1. The number of rotatable bonds is 5. The summed E-state index contributed by atoms with van der Waals surface area (Å²) in [6.45, 7) is 2.70. The summed E-state index contributed by atoms with van der Waals surface area (Å²) in [6.07, 6.45) is 6.65. The van der Waals surface area contributed by atoms with Crippen molar-refractivity contribution >= 4 is 16.9 Å². The molecule has 2 aromatic rings. The zero-order chi connectivity index (χ0) is 16.3. The van der Waals surface area contributed by atoms with E-state index in [0.717, 1.165) is 37.6 Å². The molecule has 1 fully saturated rings. The van der Waals surface area contributed by atoms with Gasteiger partial charge < -0.3 is 20.7 Å². The van der Waals surface area contributed by atoms with E-state index in [0.29, 0.717) is 6.54 Å². The van der Waals surface area contributed by atoms with Crippen LogP contribution < -0.4 is 10.6 Å². The predicted octanol–water partition coefficient (Wildman–Crippen LogP) is 2.62. The molecule has 0 atom stereocenters. The number of carbonyl (C=O) groups is 1. The number of carbonyl (C=O) groups excluding carboxylic acids is 1. The van der Waals surface area contributed by atoms with Crippen LogP contribution in [0.15, 0.2) is 24.4 Å². The molecule has 0 unspecified atom stereocenters. The predicted molar refractivity (Wildman–Crippen MR) is 91.6 cm³/mol. The van der Waals surface area contributed by atoms with Crippen LogP contribution in [0.25, 0.3) is 10.9 Å². The van der Waals surface area contributed by atoms with Crippen molar-refractivity contribution in [3.8, 4) is 0 Å². The van der Waals surface area contributed by atoms with E-state index in [1.807, 2.05) is 12.3 Å². The zero-order valence-electron chi connectivity index (χ0n) is 13.6. The molecule has 5 nitrogen and oxygen atoms in total. The van der Waals surface area contributed by atoms with E-state index >= 15 is 0 Å². The highest BCUT2D eigenvalue weighted by atomic mass is 16.3. The first-order valence-electron chi connectivity index (χ1n) is 8.36. The van der Waals surface area contributed by atoms with Crippen LogP contribution in [-0.2, 0) is 6.42 Å². The summed E-state index contributed by atoms with van der Waals surface area (Å²) in [5.41, 5.74) is 3.18. The quantitative estimate of drug-likeness (QED) is 0.684. The van der Waals surface area contributed by atoms with Crippen molar-refractivity contribution < 1.29 is 9.90 Å². The highest BCUT2D eigenvalue weighted by molar-refractivity contribution is 5.86. The number of fused-ring (bicyclic) bond motifs is 1. The lowest BCUT2D eigenvalue weighted by Crippen LogP contribution is -2.53. The molecule has 5 heteroatoms. The Bertz CT molecular complexity index is 687. The van der Waals surface area contributed by atoms with Gasteiger partial charge in [0.2, 0.25) is 0 Å². The molecule has 0 bridgehead atoms. The minimum absolute atomic E-state index is 0.0159. The molecule has 1 aliphatic carbocycles. The summed E-state index contributed by atoms with van der Waals surface area (Å²) in [7, 11) is 0. The Morgan fingerprint density at radius 3 is 2.87 bits per heavy atom. The van der Waals surface area contributed by atoms with Crippen LogP contribution >= 0.6 is 0 Å². The number of hydrogen-bond acceptors (Lipinski definition) is 2. The van der Waals surface area contributed by atoms with Gasteiger partial charge in [0.25, 0.3) is 0 Å². The summed E-state index contributed by atoms with van der Waals surface area (Å²) < 4.78 is 0. The first kappa shape index (κ1) is 15.9. The van der Waals surface area contributed by atoms with Crippen molar-refractivity contribution in [2.24, 2.45) is 0 Å². The van der Waals surface area contributed by atoms with Gasteiger partial charge in [-0.25, -0.2) is 4.79 Å². The molecule has 4 N–H and O–H groups in total. The summed E-state index contributed by atoms with van der Waals surface area (Å²) in [4.78, 5) is 15.4. The fraction of sp³-hybridized carbons (Fsp3) is 0.500. The number of aromatic amines is 1. The Labute approximate surface area is 136 Å². The summed E-state index contributed by atoms with van der Waals surface area (Å²) >= 11 is 0. The van der Waals surface area contributed by atoms with Gasteiger partial charge in [-0.2, -0.15) is 0 Å². The third-order valence-corrected chi connectivity index (χ3v) is 4.92. The molecule has 1 aliphatic rings. The van der Waals surface area contributed by atoms with Gasteiger partial charge in [-0.05, 0) is 43.4 Å². The van der Waals surface area contributed by atoms with Crippen molar-refractivity contribution in [2.75, 3.05) is 13.2 Å². The molecule has 0 aliphatic heterocycles. The van der Waals surface area contributed by atoms with E-state index in [9.17, 15) is 9.90 Å². The van der Waals surface area contributed by atoms with Crippen molar-refractivity contribution in [2.45, 2.75) is 44.6 Å². The van der Waals surface area contributed by atoms with Gasteiger partial charge in [0.15, 0.2) is 0 Å². The third kappa shape index (κ3) is 3.34. The average Bonchev–Trinajstić information content (AvgIpc) is 3.16. The topological polar surface area (TPSA) is 77.2 Å². The molecular formula is C18H25N3O2. The number of aromatic nitrogens is 1. The molecule has 1 saturated carbocycles. The largest absolute Gasteiger partial charge is 0.394 e. The van der Waals surface area contributed by atoms with Crippen LogP contribution in [0.2, 0.25) is 0 Å². The van der Waals surface area contributed by atoms with E-state index in [2.05, 4.69) is 34.7 Å². The monoisotopic (exact) mass is 315 g/mol. The summed E-state index contributed by atoms with van der Waals surface area (Å²) in [5, 5.41) is 16.7. The van der Waals surface area contributed by atoms with Gasteiger partial charge >= 0.3 is 6.03 Å². The van der Waals surface area contributed by atoms with Crippen LogP contribution in [0.3, 0.4) is 0 Å². The minimum atomic E-state index is -0.415. The minimum Gasteiger partial charge on any atom is -0.394 e. The van der Waals surface area contributed by atoms with Crippen molar-refractivity contribution in [1.82, 2.24) is 15.6 Å². The Morgan fingerprint density at radius 1 is 1.35 bits per heavy atom. The lowest BCUT2D eigenvalue weighted by Gasteiger charge is -2.27. The smallest absolute Gasteiger partial charge is 0.315 e. The fourth-order valence-electron chi connectivity index (χ4n) is 3.62. The maximum atomic E-state index is 12.1. The second-order valence-electron chi connectivity index (χ2n) is 6.59. The lowest BCUT2D eigenvalue weighted by atomic mass is 9.99. The van der Waals surface area contributed by atoms with E-state index in [1.165, 1.54) is 16.5 Å². The summed E-state index contributed by atoms with van der Waals surface area (Å²) in [6, 6.07) is 6.03. The van der Waals surface area contributed by atoms with Crippen molar-refractivity contribution in [1.29, 1.82) is 0 Å². The fourth-order valence-corrected chi connectivity index (χ4v) is 3.62. The number of amides is 2. The molecule has 124 valence electrons. The number of hydrogen-bond donors (Lipinski definition) is 4. The van der Waals surface area contributed by atoms with E-state index in [4.69, 9.17) is 0 Å². The highest BCUT2D eigenvalue weighted by Gasteiger charge is 2.34. The number of H-pyrrole nitrogens is 1. The molecule has 3 rings (SSSR count). The Morgan fingerprint density at radius 2 is 2.13 bits per heavy atom. The Kier molecular flexibility index (Phi) is 4.57. The highest BCUT2D eigenvalue weighted by Crippen LogP contribution is 2.29. The first-order valence-corrected chi connectivity index (χ1v) is 8.36. The van der Waals surface area contributed by atoms with Crippen LogP contribution in [0.5, 0.6) is 0 Å². The SMILES string of the molecule is Cc1cccc2[nH]cc(CCNC(=O)NC3(CO)CCCC3)c12. The van der Waals surface area contributed by atoms with E-state index in [-0.39, 0.29) is 12.6 Å². The molecule has 0 radical (unpaired) electrons. The average molecular weight is 315 g/mol. The van der Waals surface area contributed by atoms with Crippen molar-refractivity contribution in [3.63, 3.8) is 0 Å². The Hall–Kier alpha value is -2.01. The molecule has 2 amide bonds. The van der Waals surface area contributed by atoms with E-state index < -0.39 is 5.54 Å². The lowest BCUT2D eigenvalue weighted by molar-refractivity contribution is 0.163. The number of urea groups is 1. The van der Waals surface area contributed by atoms with Gasteiger partial charge in [0, 0.05) is 23.6 Å². The normalized spacial score (nSPS) is 16.6. The van der Waals surface area contributed by atoms with Gasteiger partial charge in [0.1, 0.15) is 0 Å². The number of aryl methyl sites for hydroxylation is 1. The van der Waals surface area contributed by atoms with Crippen LogP contribution in [0.4, 0.5) is 4.79 Å². The molecule has 0 spiro atoms. The molecule has 1 aromatic heterocycles. The third-order valence-electron chi connectivity index (χ3n) is 4.92. The molecule has 1 aromatic carbocycles. The second kappa shape index (κ2) is 6.62. The second-order valence-corrected chi connectivity index (χ2v) is 6.59. The number of benzene rings is 1. The number of aliphatic hydroxyl groups is 1. The van der Waals surface area contributed by atoms with Crippen LogP contribution in [0, 0.1) is 6.92 Å². The van der Waals surface area contributed by atoms with Gasteiger partial charge in [-0.15, -0.1) is 0 Å². The molecular weight excluding hydrogens is 290 g/mol. The van der Waals surface area contributed by atoms with Crippen LogP contribution in [0.1, 0.15) is 36.8 Å². The first-order chi connectivity index (χ1) is 11.1. The van der Waals surface area contributed by atoms with Gasteiger partial charge in [-0.3, -0.25) is 0 Å². The zero-order valence-corrected chi connectivity index (χ0v) is 13.6. The maximum Gasteiger partial charge on any atom is 0.315 e. The van der Waals surface area contributed by atoms with E-state index in [1.54, 1.807) is 0 Å². The number of nitrogens with one attached hydrogen (secondary N) is 3. The Balaban J connectivity index is 1.55.